The van der Waals surface area contributed by atoms with Crippen LogP contribution >= 0.6 is 0 Å². The van der Waals surface area contributed by atoms with E-state index in [1.165, 1.54) is 18.8 Å². The van der Waals surface area contributed by atoms with E-state index in [0.29, 0.717) is 29.3 Å². The molecule has 2 fully saturated rings. The Morgan fingerprint density at radius 3 is 2.70 bits per heavy atom. The second-order valence-corrected chi connectivity index (χ2v) is 9.64. The summed E-state index contributed by atoms with van der Waals surface area (Å²) in [6.45, 7) is -0.242. The lowest BCUT2D eigenvalue weighted by Gasteiger charge is -2.28. The molecule has 2 atom stereocenters. The molecule has 0 saturated heterocycles. The van der Waals surface area contributed by atoms with Gasteiger partial charge in [-0.2, -0.15) is 0 Å². The second-order valence-electron chi connectivity index (χ2n) is 9.64. The maximum Gasteiger partial charge on any atom is 0.409 e. The van der Waals surface area contributed by atoms with Crippen molar-refractivity contribution in [3.8, 4) is 17.1 Å². The summed E-state index contributed by atoms with van der Waals surface area (Å²) in [5.74, 6) is 0.649. The predicted molar refractivity (Wildman–Crippen MR) is 128 cm³/mol. The van der Waals surface area contributed by atoms with E-state index in [0.717, 1.165) is 42.7 Å². The minimum Gasteiger partial charge on any atom is -0.488 e. The molecule has 1 amide bonds. The van der Waals surface area contributed by atoms with E-state index < -0.39 is 18.9 Å². The molecular weight excluding hydrogens is 488 g/mol. The first-order valence-corrected chi connectivity index (χ1v) is 12.6. The smallest absolute Gasteiger partial charge is 0.409 e. The Balaban J connectivity index is 1.47. The first-order chi connectivity index (χ1) is 17.8. The number of nitrogens with zero attached hydrogens (tertiary/aromatic N) is 5. The number of alkyl halides is 2. The molecule has 12 heteroatoms. The topological polar surface area (TPSA) is 109 Å². The van der Waals surface area contributed by atoms with Gasteiger partial charge in [-0.3, -0.25) is 4.79 Å². The van der Waals surface area contributed by atoms with Crippen LogP contribution in [0.5, 0.6) is 5.75 Å². The maximum atomic E-state index is 12.4. The highest BCUT2D eigenvalue weighted by Gasteiger charge is 2.33. The molecule has 0 spiro atoms. The average molecular weight is 522 g/mol. The fourth-order valence-corrected chi connectivity index (χ4v) is 4.52. The maximum absolute atomic E-state index is 12.4. The first kappa shape index (κ1) is 26.7. The number of amides is 1. The Bertz CT molecular complexity index is 1110. The number of rotatable bonds is 10. The summed E-state index contributed by atoms with van der Waals surface area (Å²) in [6.07, 6.45) is 1.50. The SMILES string of the molecule is COC(=O)[C@H]1CCC[C@H](Oc2ccc(-c3nnn(C)c3COC(=O)N(C)CCC(F)F)nc2C2CC2)C1. The Hall–Kier alpha value is -3.31. The van der Waals surface area contributed by atoms with Crippen LogP contribution in [0.15, 0.2) is 12.1 Å². The zero-order valence-corrected chi connectivity index (χ0v) is 21.4. The minimum absolute atomic E-state index is 0.0865. The van der Waals surface area contributed by atoms with Crippen molar-refractivity contribution in [3.63, 3.8) is 0 Å². The lowest BCUT2D eigenvalue weighted by Crippen LogP contribution is -2.30. The quantitative estimate of drug-likeness (QED) is 0.430. The summed E-state index contributed by atoms with van der Waals surface area (Å²) in [6, 6.07) is 3.67. The average Bonchev–Trinajstić information content (AvgIpc) is 3.68. The van der Waals surface area contributed by atoms with Crippen molar-refractivity contribution < 1.29 is 32.6 Å². The standard InChI is InChI=1S/C25H33F2N5O5/c1-31(12-11-21(26)27)25(34)36-14-19-23(29-30-32(19)2)18-9-10-20(22(28-18)15-7-8-15)37-17-6-4-5-16(13-17)24(33)35-3/h9-10,15-17,21H,4-8,11-14H2,1-3H3/t16-,17-/m0/s1. The third kappa shape index (κ3) is 6.72. The highest BCUT2D eigenvalue weighted by atomic mass is 19.3. The number of carbonyl (C=O) groups excluding carboxylic acids is 2. The lowest BCUT2D eigenvalue weighted by atomic mass is 9.87. The molecule has 0 aliphatic heterocycles. The van der Waals surface area contributed by atoms with Crippen LogP contribution in [-0.4, -0.2) is 70.2 Å². The summed E-state index contributed by atoms with van der Waals surface area (Å²) >= 11 is 0. The molecule has 2 saturated carbocycles. The number of ether oxygens (including phenoxy) is 3. The van der Waals surface area contributed by atoms with Crippen molar-refractivity contribution in [1.82, 2.24) is 24.9 Å². The van der Waals surface area contributed by atoms with Gasteiger partial charge in [0, 0.05) is 33.0 Å². The molecule has 2 heterocycles. The van der Waals surface area contributed by atoms with Crippen molar-refractivity contribution >= 4 is 12.1 Å². The van der Waals surface area contributed by atoms with Crippen LogP contribution in [0.1, 0.15) is 62.3 Å². The molecule has 4 rings (SSSR count). The number of esters is 1. The van der Waals surface area contributed by atoms with E-state index in [9.17, 15) is 18.4 Å². The molecule has 202 valence electrons. The molecule has 37 heavy (non-hydrogen) atoms. The summed E-state index contributed by atoms with van der Waals surface area (Å²) in [5, 5.41) is 8.29. The van der Waals surface area contributed by atoms with Crippen LogP contribution in [0.4, 0.5) is 13.6 Å². The minimum atomic E-state index is -2.49. The van der Waals surface area contributed by atoms with Crippen LogP contribution < -0.4 is 4.74 Å². The van der Waals surface area contributed by atoms with Gasteiger partial charge in [-0.25, -0.2) is 23.2 Å². The third-order valence-corrected chi connectivity index (χ3v) is 6.82. The summed E-state index contributed by atoms with van der Waals surface area (Å²) < 4.78 is 43.0. The van der Waals surface area contributed by atoms with E-state index in [1.54, 1.807) is 13.1 Å². The highest BCUT2D eigenvalue weighted by molar-refractivity contribution is 5.72. The van der Waals surface area contributed by atoms with Gasteiger partial charge in [0.15, 0.2) is 0 Å². The monoisotopic (exact) mass is 521 g/mol. The number of pyridine rings is 1. The second kappa shape index (κ2) is 11.8. The van der Waals surface area contributed by atoms with Crippen LogP contribution in [-0.2, 0) is 27.9 Å². The van der Waals surface area contributed by atoms with Gasteiger partial charge in [-0.15, -0.1) is 5.10 Å². The number of carbonyl (C=O) groups is 2. The molecule has 0 unspecified atom stereocenters. The molecule has 0 aromatic carbocycles. The molecule has 0 N–H and O–H groups in total. The molecule has 2 aliphatic carbocycles. The molecule has 2 aliphatic rings. The van der Waals surface area contributed by atoms with E-state index in [2.05, 4.69) is 10.3 Å². The van der Waals surface area contributed by atoms with Crippen molar-refractivity contribution in [2.24, 2.45) is 13.0 Å². The van der Waals surface area contributed by atoms with Crippen LogP contribution in [0.25, 0.3) is 11.4 Å². The summed E-state index contributed by atoms with van der Waals surface area (Å²) in [5.41, 5.74) is 2.43. The molecule has 2 aromatic heterocycles. The van der Waals surface area contributed by atoms with Crippen molar-refractivity contribution in [2.75, 3.05) is 20.7 Å². The van der Waals surface area contributed by atoms with Gasteiger partial charge >= 0.3 is 12.1 Å². The molecule has 0 bridgehead atoms. The fourth-order valence-electron chi connectivity index (χ4n) is 4.52. The lowest BCUT2D eigenvalue weighted by molar-refractivity contribution is -0.147. The molecule has 10 nitrogen and oxygen atoms in total. The number of aromatic nitrogens is 4. The number of aryl methyl sites for hydroxylation is 1. The van der Waals surface area contributed by atoms with Crippen LogP contribution in [0.2, 0.25) is 0 Å². The zero-order valence-electron chi connectivity index (χ0n) is 21.4. The Morgan fingerprint density at radius 2 is 2.00 bits per heavy atom. The van der Waals surface area contributed by atoms with E-state index >= 15 is 0 Å². The van der Waals surface area contributed by atoms with Gasteiger partial charge in [0.25, 0.3) is 0 Å². The Morgan fingerprint density at radius 1 is 1.22 bits per heavy atom. The van der Waals surface area contributed by atoms with Crippen molar-refractivity contribution in [3.05, 3.63) is 23.5 Å². The van der Waals surface area contributed by atoms with Crippen molar-refractivity contribution in [2.45, 2.75) is 70.0 Å². The van der Waals surface area contributed by atoms with E-state index in [1.807, 2.05) is 6.07 Å². The summed E-state index contributed by atoms with van der Waals surface area (Å²) in [4.78, 5) is 30.2. The normalized spacial score (nSPS) is 19.5. The number of hydrogen-bond donors (Lipinski definition) is 0. The summed E-state index contributed by atoms with van der Waals surface area (Å²) in [7, 11) is 4.50. The van der Waals surface area contributed by atoms with Gasteiger partial charge < -0.3 is 19.1 Å². The van der Waals surface area contributed by atoms with E-state index in [-0.39, 0.29) is 37.1 Å². The van der Waals surface area contributed by atoms with Gasteiger partial charge in [0.1, 0.15) is 23.7 Å². The molecule has 2 aromatic rings. The van der Waals surface area contributed by atoms with Gasteiger partial charge in [0.2, 0.25) is 6.43 Å². The predicted octanol–water partition coefficient (Wildman–Crippen LogP) is 4.09. The highest BCUT2D eigenvalue weighted by Crippen LogP contribution is 2.45. The zero-order chi connectivity index (χ0) is 26.5. The molecular formula is C25H33F2N5O5. The Kier molecular flexibility index (Phi) is 8.55. The van der Waals surface area contributed by atoms with E-state index in [4.69, 9.17) is 19.2 Å². The third-order valence-electron chi connectivity index (χ3n) is 6.82. The van der Waals surface area contributed by atoms with Crippen LogP contribution in [0, 0.1) is 5.92 Å². The van der Waals surface area contributed by atoms with Gasteiger partial charge in [0.05, 0.1) is 30.5 Å². The largest absolute Gasteiger partial charge is 0.488 e. The van der Waals surface area contributed by atoms with Crippen LogP contribution in [0.3, 0.4) is 0 Å². The van der Waals surface area contributed by atoms with Gasteiger partial charge in [-0.05, 0) is 50.7 Å². The number of methoxy groups -OCH3 is 1. The van der Waals surface area contributed by atoms with Gasteiger partial charge in [-0.1, -0.05) is 5.21 Å². The fraction of sp³-hybridized carbons (Fsp3) is 0.640. The number of halogens is 2. The molecule has 0 radical (unpaired) electrons. The first-order valence-electron chi connectivity index (χ1n) is 12.6. The van der Waals surface area contributed by atoms with Crippen molar-refractivity contribution in [1.29, 1.82) is 0 Å². The Labute approximate surface area is 214 Å². The number of hydrogen-bond acceptors (Lipinski definition) is 8.